The number of aryl methyl sites for hydroxylation is 1. The summed E-state index contributed by atoms with van der Waals surface area (Å²) >= 11 is 11.0. The lowest BCUT2D eigenvalue weighted by molar-refractivity contribution is -0.138. The van der Waals surface area contributed by atoms with Crippen molar-refractivity contribution < 1.29 is 13.2 Å². The zero-order chi connectivity index (χ0) is 13.1. The minimum absolute atomic E-state index is 0.182. The predicted molar refractivity (Wildman–Crippen MR) is 64.5 cm³/mol. The van der Waals surface area contributed by atoms with Gasteiger partial charge in [-0.3, -0.25) is 0 Å². The van der Waals surface area contributed by atoms with Crippen molar-refractivity contribution in [3.05, 3.63) is 39.9 Å². The minimum Gasteiger partial charge on any atom is -0.380 e. The Morgan fingerprint density at radius 1 is 1.41 bits per heavy atom. The van der Waals surface area contributed by atoms with Gasteiger partial charge in [-0.1, -0.05) is 29.3 Å². The third-order valence-corrected chi connectivity index (χ3v) is 2.74. The van der Waals surface area contributed by atoms with E-state index in [4.69, 9.17) is 23.2 Å². The average Bonchev–Trinajstić information content (AvgIpc) is 2.26. The molecule has 1 aromatic carbocycles. The summed E-state index contributed by atoms with van der Waals surface area (Å²) in [6, 6.07) is 4.01. The maximum Gasteiger partial charge on any atom is 0.416 e. The molecule has 0 bridgehead atoms. The number of halogens is 5. The molecule has 0 spiro atoms. The molecule has 0 saturated heterocycles. The van der Waals surface area contributed by atoms with E-state index in [0.717, 1.165) is 11.6 Å². The first-order valence-electron chi connectivity index (χ1n) is 4.71. The van der Waals surface area contributed by atoms with Gasteiger partial charge in [-0.25, -0.2) is 0 Å². The molecule has 0 unspecified atom stereocenters. The fraction of sp³-hybridized carbons (Fsp3) is 0.273. The summed E-state index contributed by atoms with van der Waals surface area (Å²) in [6.07, 6.45) is -4.35. The predicted octanol–water partition coefficient (Wildman–Crippen LogP) is 4.74. The molecule has 0 fully saturated rings. The molecule has 1 rings (SSSR count). The van der Waals surface area contributed by atoms with Crippen molar-refractivity contribution in [1.82, 2.24) is 0 Å². The number of rotatable bonds is 3. The number of anilines is 1. The summed E-state index contributed by atoms with van der Waals surface area (Å²) in [5, 5.41) is 3.07. The van der Waals surface area contributed by atoms with Gasteiger partial charge in [0.1, 0.15) is 0 Å². The van der Waals surface area contributed by atoms with Gasteiger partial charge in [-0.15, -0.1) is 0 Å². The molecule has 0 amide bonds. The van der Waals surface area contributed by atoms with Crippen LogP contribution >= 0.6 is 23.2 Å². The Bertz CT molecular complexity index is 427. The highest BCUT2D eigenvalue weighted by Gasteiger charge is 2.32. The summed E-state index contributed by atoms with van der Waals surface area (Å²) in [6.45, 7) is 1.60. The highest BCUT2D eigenvalue weighted by atomic mass is 35.5. The van der Waals surface area contributed by atoms with Crippen molar-refractivity contribution in [3.8, 4) is 0 Å². The van der Waals surface area contributed by atoms with Crippen LogP contribution in [0.25, 0.3) is 0 Å². The number of hydrogen-bond acceptors (Lipinski definition) is 1. The van der Waals surface area contributed by atoms with Crippen LogP contribution in [0.1, 0.15) is 11.1 Å². The topological polar surface area (TPSA) is 12.0 Å². The van der Waals surface area contributed by atoms with Crippen molar-refractivity contribution >= 4 is 28.9 Å². The van der Waals surface area contributed by atoms with Gasteiger partial charge < -0.3 is 5.32 Å². The van der Waals surface area contributed by atoms with E-state index in [1.165, 1.54) is 13.0 Å². The van der Waals surface area contributed by atoms with Crippen LogP contribution < -0.4 is 5.32 Å². The van der Waals surface area contributed by atoms with Gasteiger partial charge in [0.25, 0.3) is 0 Å². The van der Waals surface area contributed by atoms with Crippen LogP contribution in [-0.4, -0.2) is 6.54 Å². The second kappa shape index (κ2) is 5.65. The van der Waals surface area contributed by atoms with Crippen molar-refractivity contribution in [2.45, 2.75) is 13.1 Å². The maximum absolute atomic E-state index is 12.6. The standard InChI is InChI=1S/C11H10Cl2F3N/c1-7-2-3-9(17-6-8(13)5-12)4-10(7)11(14,15)16/h2-5,17H,6H2,1H3. The Morgan fingerprint density at radius 3 is 2.59 bits per heavy atom. The molecule has 6 heteroatoms. The van der Waals surface area contributed by atoms with E-state index in [2.05, 4.69) is 5.32 Å². The van der Waals surface area contributed by atoms with Crippen LogP contribution in [-0.2, 0) is 6.18 Å². The fourth-order valence-corrected chi connectivity index (χ4v) is 1.41. The lowest BCUT2D eigenvalue weighted by Crippen LogP contribution is -2.09. The highest BCUT2D eigenvalue weighted by Crippen LogP contribution is 2.33. The molecule has 94 valence electrons. The van der Waals surface area contributed by atoms with Gasteiger partial charge in [-0.2, -0.15) is 13.2 Å². The molecule has 1 aromatic rings. The molecule has 0 aliphatic carbocycles. The number of nitrogens with one attached hydrogen (secondary N) is 1. The van der Waals surface area contributed by atoms with Crippen LogP contribution in [0.3, 0.4) is 0 Å². The molecule has 1 nitrogen and oxygen atoms in total. The van der Waals surface area contributed by atoms with Gasteiger partial charge in [0.05, 0.1) is 12.1 Å². The van der Waals surface area contributed by atoms with Gasteiger partial charge in [-0.05, 0) is 24.6 Å². The zero-order valence-electron chi connectivity index (χ0n) is 8.91. The summed E-state index contributed by atoms with van der Waals surface area (Å²) in [5.41, 5.74) is 1.03. The van der Waals surface area contributed by atoms with E-state index >= 15 is 0 Å². The van der Waals surface area contributed by atoms with E-state index in [0.29, 0.717) is 10.7 Å². The number of hydrogen-bond donors (Lipinski definition) is 1. The third-order valence-electron chi connectivity index (χ3n) is 2.12. The average molecular weight is 284 g/mol. The zero-order valence-corrected chi connectivity index (χ0v) is 10.4. The van der Waals surface area contributed by atoms with E-state index in [1.54, 1.807) is 6.07 Å². The lowest BCUT2D eigenvalue weighted by Gasteiger charge is -2.13. The Labute approximate surface area is 107 Å². The molecule has 0 heterocycles. The first-order chi connectivity index (χ1) is 7.84. The second-order valence-corrected chi connectivity index (χ2v) is 4.14. The smallest absolute Gasteiger partial charge is 0.380 e. The van der Waals surface area contributed by atoms with Crippen molar-refractivity contribution in [3.63, 3.8) is 0 Å². The van der Waals surface area contributed by atoms with Crippen molar-refractivity contribution in [2.75, 3.05) is 11.9 Å². The number of benzene rings is 1. The van der Waals surface area contributed by atoms with E-state index in [-0.39, 0.29) is 12.1 Å². The molecule has 1 N–H and O–H groups in total. The van der Waals surface area contributed by atoms with Crippen LogP contribution in [0.15, 0.2) is 28.8 Å². The summed E-state index contributed by atoms with van der Waals surface area (Å²) in [4.78, 5) is 0. The SMILES string of the molecule is Cc1ccc(NCC(Cl)=CCl)cc1C(F)(F)F. The monoisotopic (exact) mass is 283 g/mol. The molecule has 0 saturated carbocycles. The Morgan fingerprint density at radius 2 is 2.06 bits per heavy atom. The van der Waals surface area contributed by atoms with Crippen LogP contribution in [0, 0.1) is 6.92 Å². The Balaban J connectivity index is 2.90. The molecule has 0 radical (unpaired) electrons. The molecule has 0 atom stereocenters. The van der Waals surface area contributed by atoms with Gasteiger partial charge in [0, 0.05) is 16.3 Å². The first kappa shape index (κ1) is 14.2. The highest BCUT2D eigenvalue weighted by molar-refractivity contribution is 6.36. The summed E-state index contributed by atoms with van der Waals surface area (Å²) in [7, 11) is 0. The van der Waals surface area contributed by atoms with Crippen LogP contribution in [0.5, 0.6) is 0 Å². The number of alkyl halides is 3. The van der Waals surface area contributed by atoms with Crippen molar-refractivity contribution in [2.24, 2.45) is 0 Å². The van der Waals surface area contributed by atoms with Gasteiger partial charge in [0.2, 0.25) is 0 Å². The van der Waals surface area contributed by atoms with Gasteiger partial charge >= 0.3 is 6.18 Å². The normalized spacial score (nSPS) is 12.7. The fourth-order valence-electron chi connectivity index (χ4n) is 1.26. The van der Waals surface area contributed by atoms with E-state index < -0.39 is 11.7 Å². The molecule has 0 aliphatic heterocycles. The molecule has 0 aliphatic rings. The molecule has 0 aromatic heterocycles. The summed E-state index contributed by atoms with van der Waals surface area (Å²) < 4.78 is 37.8. The van der Waals surface area contributed by atoms with E-state index in [9.17, 15) is 13.2 Å². The molecular weight excluding hydrogens is 274 g/mol. The Hall–Kier alpha value is -0.870. The minimum atomic E-state index is -4.35. The maximum atomic E-state index is 12.6. The van der Waals surface area contributed by atoms with E-state index in [1.807, 2.05) is 0 Å². The van der Waals surface area contributed by atoms with Gasteiger partial charge in [0.15, 0.2) is 0 Å². The van der Waals surface area contributed by atoms with Crippen molar-refractivity contribution in [1.29, 1.82) is 0 Å². The van der Waals surface area contributed by atoms with Crippen LogP contribution in [0.2, 0.25) is 0 Å². The van der Waals surface area contributed by atoms with Crippen LogP contribution in [0.4, 0.5) is 18.9 Å². The second-order valence-electron chi connectivity index (χ2n) is 3.44. The lowest BCUT2D eigenvalue weighted by atomic mass is 10.1. The quantitative estimate of drug-likeness (QED) is 0.845. The molecular formula is C11H10Cl2F3N. The largest absolute Gasteiger partial charge is 0.416 e. The molecule has 17 heavy (non-hydrogen) atoms. The summed E-state index contributed by atoms with van der Waals surface area (Å²) in [5.74, 6) is 0. The Kier molecular flexibility index (Phi) is 4.71. The first-order valence-corrected chi connectivity index (χ1v) is 5.52. The third kappa shape index (κ3) is 4.13.